The maximum Gasteiger partial charge on any atom is 0.300 e. The summed E-state index contributed by atoms with van der Waals surface area (Å²) in [7, 11) is 0. The summed E-state index contributed by atoms with van der Waals surface area (Å²) in [5, 5.41) is 8.50. The number of hydrogen-bond acceptors (Lipinski definition) is 3. The van der Waals surface area contributed by atoms with Crippen molar-refractivity contribution in [1.82, 2.24) is 9.97 Å². The minimum atomic E-state index is -0.833. The number of hydrogen-bond donors (Lipinski definition) is 1. The van der Waals surface area contributed by atoms with Gasteiger partial charge in [-0.2, -0.15) is 0 Å². The summed E-state index contributed by atoms with van der Waals surface area (Å²) >= 11 is 0. The van der Waals surface area contributed by atoms with Crippen LogP contribution in [0.2, 0.25) is 0 Å². The smallest absolute Gasteiger partial charge is 0.300 e. The zero-order chi connectivity index (χ0) is 10.4. The van der Waals surface area contributed by atoms with Crippen LogP contribution in [0.1, 0.15) is 6.92 Å². The van der Waals surface area contributed by atoms with Crippen LogP contribution in [0.3, 0.4) is 0 Å². The van der Waals surface area contributed by atoms with E-state index >= 15 is 0 Å². The van der Waals surface area contributed by atoms with Gasteiger partial charge in [-0.05, 0) is 24.3 Å². The Morgan fingerprint density at radius 2 is 1.64 bits per heavy atom. The van der Waals surface area contributed by atoms with Gasteiger partial charge >= 0.3 is 0 Å². The van der Waals surface area contributed by atoms with Crippen LogP contribution in [-0.4, -0.2) is 21.0 Å². The lowest BCUT2D eigenvalue weighted by atomic mass is 10.3. The number of carbonyl (C=O) groups is 1. The summed E-state index contributed by atoms with van der Waals surface area (Å²) in [6.45, 7) is 1.08. The van der Waals surface area contributed by atoms with Crippen LogP contribution >= 0.6 is 0 Å². The van der Waals surface area contributed by atoms with Gasteiger partial charge < -0.3 is 5.11 Å². The Kier molecular flexibility index (Phi) is 3.55. The first kappa shape index (κ1) is 10.1. The third-order valence-electron chi connectivity index (χ3n) is 1.38. The zero-order valence-electron chi connectivity index (χ0n) is 7.71. The average molecular weight is 190 g/mol. The zero-order valence-corrected chi connectivity index (χ0v) is 7.71. The Labute approximate surface area is 81.2 Å². The molecule has 0 radical (unpaired) electrons. The second-order valence-corrected chi connectivity index (χ2v) is 2.57. The normalized spacial score (nSPS) is 8.93. The summed E-state index contributed by atoms with van der Waals surface area (Å²) in [6, 6.07) is 7.80. The molecule has 0 saturated heterocycles. The van der Waals surface area contributed by atoms with Crippen LogP contribution < -0.4 is 0 Å². The predicted octanol–water partition coefficient (Wildman–Crippen LogP) is 1.72. The van der Waals surface area contributed by atoms with E-state index < -0.39 is 5.97 Å². The largest absolute Gasteiger partial charge is 0.481 e. The number of fused-ring (bicyclic) bond motifs is 1. The molecule has 72 valence electrons. The van der Waals surface area contributed by atoms with Crippen LogP contribution in [0.15, 0.2) is 36.7 Å². The highest BCUT2D eigenvalue weighted by Gasteiger charge is 1.88. The minimum Gasteiger partial charge on any atom is -0.481 e. The van der Waals surface area contributed by atoms with Gasteiger partial charge in [0.15, 0.2) is 5.65 Å². The number of aliphatic carboxylic acids is 1. The van der Waals surface area contributed by atoms with Gasteiger partial charge in [-0.1, -0.05) is 0 Å². The van der Waals surface area contributed by atoms with E-state index in [1.165, 1.54) is 0 Å². The summed E-state index contributed by atoms with van der Waals surface area (Å²) in [5.74, 6) is -0.833. The molecule has 1 N–H and O–H groups in total. The van der Waals surface area contributed by atoms with Crippen LogP contribution in [0.4, 0.5) is 0 Å². The van der Waals surface area contributed by atoms with Crippen molar-refractivity contribution in [1.29, 1.82) is 0 Å². The first-order valence-electron chi connectivity index (χ1n) is 4.05. The Morgan fingerprint density at radius 1 is 1.21 bits per heavy atom. The van der Waals surface area contributed by atoms with E-state index in [2.05, 4.69) is 9.97 Å². The molecule has 0 aromatic carbocycles. The van der Waals surface area contributed by atoms with Crippen LogP contribution in [-0.2, 0) is 4.79 Å². The van der Waals surface area contributed by atoms with Crippen LogP contribution in [0.25, 0.3) is 11.0 Å². The molecule has 0 aliphatic heterocycles. The molecule has 0 fully saturated rings. The molecule has 0 aliphatic carbocycles. The monoisotopic (exact) mass is 190 g/mol. The van der Waals surface area contributed by atoms with Crippen molar-refractivity contribution >= 4 is 17.0 Å². The fraction of sp³-hybridized carbons (Fsp3) is 0.100. The fourth-order valence-corrected chi connectivity index (χ4v) is 0.908. The fourth-order valence-electron chi connectivity index (χ4n) is 0.908. The molecule has 2 aromatic rings. The summed E-state index contributed by atoms with van der Waals surface area (Å²) in [4.78, 5) is 17.1. The number of rotatable bonds is 0. The highest BCUT2D eigenvalue weighted by atomic mass is 16.4. The van der Waals surface area contributed by atoms with Gasteiger partial charge in [0.25, 0.3) is 5.97 Å². The van der Waals surface area contributed by atoms with Crippen molar-refractivity contribution in [3.8, 4) is 0 Å². The van der Waals surface area contributed by atoms with Gasteiger partial charge in [0, 0.05) is 24.7 Å². The molecule has 2 aromatic heterocycles. The molecule has 0 amide bonds. The Bertz CT molecular complexity index is 360. The number of nitrogens with zero attached hydrogens (tertiary/aromatic N) is 2. The lowest BCUT2D eigenvalue weighted by molar-refractivity contribution is -0.134. The molecule has 0 atom stereocenters. The molecule has 2 heterocycles. The van der Waals surface area contributed by atoms with Crippen LogP contribution in [0, 0.1) is 0 Å². The second-order valence-electron chi connectivity index (χ2n) is 2.57. The maximum absolute atomic E-state index is 9.00. The first-order valence-corrected chi connectivity index (χ1v) is 4.05. The third-order valence-corrected chi connectivity index (χ3v) is 1.38. The van der Waals surface area contributed by atoms with Gasteiger partial charge in [-0.25, -0.2) is 9.97 Å². The lowest BCUT2D eigenvalue weighted by Crippen LogP contribution is -1.78. The molecule has 2 rings (SSSR count). The molecule has 0 saturated carbocycles. The predicted molar refractivity (Wildman–Crippen MR) is 52.8 cm³/mol. The number of aromatic nitrogens is 2. The Balaban J connectivity index is 0.000000213. The van der Waals surface area contributed by atoms with Gasteiger partial charge in [-0.3, -0.25) is 4.79 Å². The summed E-state index contributed by atoms with van der Waals surface area (Å²) in [5.41, 5.74) is 0.810. The van der Waals surface area contributed by atoms with E-state index in [1.807, 2.05) is 24.3 Å². The number of carboxylic acid groups (broad SMARTS) is 1. The van der Waals surface area contributed by atoms with Gasteiger partial charge in [-0.15, -0.1) is 0 Å². The molecule has 0 spiro atoms. The Hall–Kier alpha value is -1.97. The van der Waals surface area contributed by atoms with E-state index in [-0.39, 0.29) is 0 Å². The molecule has 0 aliphatic rings. The van der Waals surface area contributed by atoms with Crippen molar-refractivity contribution in [2.24, 2.45) is 0 Å². The second kappa shape index (κ2) is 4.91. The highest BCUT2D eigenvalue weighted by Crippen LogP contribution is 2.04. The average Bonchev–Trinajstić information content (AvgIpc) is 2.17. The van der Waals surface area contributed by atoms with Crippen molar-refractivity contribution in [2.45, 2.75) is 6.92 Å². The van der Waals surface area contributed by atoms with Crippen molar-refractivity contribution in [3.05, 3.63) is 36.7 Å². The summed E-state index contributed by atoms with van der Waals surface area (Å²) in [6.07, 6.45) is 3.49. The molecule has 4 nitrogen and oxygen atoms in total. The minimum absolute atomic E-state index is 0.810. The van der Waals surface area contributed by atoms with Crippen LogP contribution in [0.5, 0.6) is 0 Å². The van der Waals surface area contributed by atoms with Gasteiger partial charge in [0.05, 0.1) is 0 Å². The lowest BCUT2D eigenvalue weighted by Gasteiger charge is -1.90. The molecule has 0 bridgehead atoms. The van der Waals surface area contributed by atoms with Crippen molar-refractivity contribution in [2.75, 3.05) is 0 Å². The van der Waals surface area contributed by atoms with Crippen molar-refractivity contribution < 1.29 is 9.90 Å². The van der Waals surface area contributed by atoms with E-state index in [9.17, 15) is 0 Å². The molecule has 4 heteroatoms. The number of pyridine rings is 2. The van der Waals surface area contributed by atoms with Crippen molar-refractivity contribution in [3.63, 3.8) is 0 Å². The van der Waals surface area contributed by atoms with E-state index in [1.54, 1.807) is 12.4 Å². The topological polar surface area (TPSA) is 63.1 Å². The SMILES string of the molecule is CC(=O)O.c1cnc2ncccc2c1. The Morgan fingerprint density at radius 3 is 2.00 bits per heavy atom. The number of carboxylic acids is 1. The van der Waals surface area contributed by atoms with E-state index in [0.717, 1.165) is 18.0 Å². The van der Waals surface area contributed by atoms with E-state index in [0.29, 0.717) is 0 Å². The summed E-state index contributed by atoms with van der Waals surface area (Å²) < 4.78 is 0. The first-order chi connectivity index (χ1) is 6.70. The maximum atomic E-state index is 9.00. The third kappa shape index (κ3) is 3.18. The van der Waals surface area contributed by atoms with Gasteiger partial charge in [0.2, 0.25) is 0 Å². The molecular weight excluding hydrogens is 180 g/mol. The standard InChI is InChI=1S/C8H6N2.C2H4O2/c1-3-7-4-2-6-10-8(7)9-5-1;1-2(3)4/h1-6H;1H3,(H,3,4). The molecular formula is C10H10N2O2. The molecule has 0 unspecified atom stereocenters. The highest BCUT2D eigenvalue weighted by molar-refractivity contribution is 5.73. The quantitative estimate of drug-likeness (QED) is 0.687. The van der Waals surface area contributed by atoms with E-state index in [4.69, 9.17) is 9.90 Å². The molecule has 14 heavy (non-hydrogen) atoms. The van der Waals surface area contributed by atoms with Gasteiger partial charge in [0.1, 0.15) is 0 Å².